The molecule has 0 saturated carbocycles. The van der Waals surface area contributed by atoms with Gasteiger partial charge in [-0.1, -0.05) is 48.2 Å². The van der Waals surface area contributed by atoms with Crippen molar-refractivity contribution in [2.45, 2.75) is 19.0 Å². The van der Waals surface area contributed by atoms with Gasteiger partial charge in [0, 0.05) is 18.7 Å². The number of imide groups is 1. The van der Waals surface area contributed by atoms with E-state index in [1.165, 1.54) is 22.2 Å². The Morgan fingerprint density at radius 1 is 1.10 bits per heavy atom. The summed E-state index contributed by atoms with van der Waals surface area (Å²) in [5.41, 5.74) is 4.24. The van der Waals surface area contributed by atoms with Crippen LogP contribution in [0.15, 0.2) is 53.7 Å². The van der Waals surface area contributed by atoms with Crippen LogP contribution in [0.1, 0.15) is 11.1 Å². The van der Waals surface area contributed by atoms with Gasteiger partial charge in [-0.15, -0.1) is 10.2 Å². The number of carbonyl (C=O) groups is 2. The normalized spacial score (nSPS) is 13.6. The zero-order valence-electron chi connectivity index (χ0n) is 16.3. The third kappa shape index (κ3) is 3.88. The van der Waals surface area contributed by atoms with Crippen molar-refractivity contribution < 1.29 is 9.59 Å². The highest BCUT2D eigenvalue weighted by molar-refractivity contribution is 7.99. The molecular formula is C21H21N5O2S. The molecule has 7 nitrogen and oxygen atoms in total. The van der Waals surface area contributed by atoms with E-state index in [4.69, 9.17) is 0 Å². The van der Waals surface area contributed by atoms with E-state index in [9.17, 15) is 9.59 Å². The number of benzene rings is 2. The van der Waals surface area contributed by atoms with E-state index in [0.717, 1.165) is 16.8 Å². The number of aromatic nitrogens is 3. The van der Waals surface area contributed by atoms with Crippen LogP contribution < -0.4 is 5.32 Å². The number of urea groups is 1. The molecule has 2 aromatic carbocycles. The van der Waals surface area contributed by atoms with E-state index in [-0.39, 0.29) is 17.7 Å². The first-order valence-electron chi connectivity index (χ1n) is 9.34. The van der Waals surface area contributed by atoms with Crippen LogP contribution in [-0.4, -0.2) is 50.4 Å². The summed E-state index contributed by atoms with van der Waals surface area (Å²) in [7, 11) is 0. The lowest BCUT2D eigenvalue weighted by Crippen LogP contribution is -2.35. The number of nitrogens with one attached hydrogen (secondary N) is 1. The summed E-state index contributed by atoms with van der Waals surface area (Å²) in [6.45, 7) is 5.02. The summed E-state index contributed by atoms with van der Waals surface area (Å²) in [5, 5.41) is 12.0. The van der Waals surface area contributed by atoms with Gasteiger partial charge >= 0.3 is 6.03 Å². The van der Waals surface area contributed by atoms with E-state index >= 15 is 0 Å². The molecule has 0 atom stereocenters. The fraction of sp³-hybridized carbons (Fsp3) is 0.238. The quantitative estimate of drug-likeness (QED) is 0.657. The smallest absolute Gasteiger partial charge is 0.324 e. The minimum Gasteiger partial charge on any atom is -0.336 e. The van der Waals surface area contributed by atoms with Crippen LogP contribution in [0.2, 0.25) is 0 Å². The Hall–Kier alpha value is -3.13. The standard InChI is InChI=1S/C21H21N5O2S/c1-14-8-9-17(12-15(14)2)26-19(16-6-4-3-5-7-16)23-24-21(26)29-13-18(27)25-11-10-22-20(25)28/h3-9,12H,10-11,13H2,1-2H3,(H,22,28). The molecule has 0 unspecified atom stereocenters. The molecule has 2 heterocycles. The molecule has 8 heteroatoms. The molecule has 0 spiro atoms. The van der Waals surface area contributed by atoms with Crippen molar-refractivity contribution in [3.05, 3.63) is 59.7 Å². The van der Waals surface area contributed by atoms with Crippen molar-refractivity contribution in [2.75, 3.05) is 18.8 Å². The maximum absolute atomic E-state index is 12.4. The molecular weight excluding hydrogens is 386 g/mol. The number of carbonyl (C=O) groups excluding carboxylic acids is 2. The Morgan fingerprint density at radius 3 is 2.59 bits per heavy atom. The number of aryl methyl sites for hydroxylation is 2. The summed E-state index contributed by atoms with van der Waals surface area (Å²) >= 11 is 1.28. The predicted molar refractivity (Wildman–Crippen MR) is 112 cm³/mol. The Kier molecular flexibility index (Phi) is 5.35. The van der Waals surface area contributed by atoms with Crippen LogP contribution in [-0.2, 0) is 4.79 Å². The molecule has 148 valence electrons. The van der Waals surface area contributed by atoms with Gasteiger partial charge in [0.25, 0.3) is 0 Å². The van der Waals surface area contributed by atoms with E-state index in [1.807, 2.05) is 41.0 Å². The van der Waals surface area contributed by atoms with Crippen LogP contribution in [0.4, 0.5) is 4.79 Å². The molecule has 1 aliphatic rings. The molecule has 3 amide bonds. The first-order valence-corrected chi connectivity index (χ1v) is 10.3. The van der Waals surface area contributed by atoms with Gasteiger partial charge in [0.1, 0.15) is 0 Å². The highest BCUT2D eigenvalue weighted by Gasteiger charge is 2.27. The van der Waals surface area contributed by atoms with Crippen molar-refractivity contribution >= 4 is 23.7 Å². The molecule has 4 rings (SSSR count). The molecule has 0 aliphatic carbocycles. The van der Waals surface area contributed by atoms with Gasteiger partial charge in [0.2, 0.25) is 5.91 Å². The van der Waals surface area contributed by atoms with Crippen molar-refractivity contribution in [2.24, 2.45) is 0 Å². The Labute approximate surface area is 173 Å². The minimum absolute atomic E-state index is 0.116. The molecule has 29 heavy (non-hydrogen) atoms. The van der Waals surface area contributed by atoms with Crippen molar-refractivity contribution in [1.82, 2.24) is 25.0 Å². The molecule has 1 fully saturated rings. The lowest BCUT2D eigenvalue weighted by Gasteiger charge is -2.14. The SMILES string of the molecule is Cc1ccc(-n2c(SCC(=O)N3CCNC3=O)nnc2-c2ccccc2)cc1C. The fourth-order valence-electron chi connectivity index (χ4n) is 3.15. The Morgan fingerprint density at radius 2 is 1.90 bits per heavy atom. The van der Waals surface area contributed by atoms with E-state index in [0.29, 0.717) is 24.1 Å². The Bertz CT molecular complexity index is 1060. The minimum atomic E-state index is -0.337. The topological polar surface area (TPSA) is 80.1 Å². The second-order valence-electron chi connectivity index (χ2n) is 6.84. The third-order valence-electron chi connectivity index (χ3n) is 4.90. The van der Waals surface area contributed by atoms with Gasteiger partial charge in [-0.25, -0.2) is 4.79 Å². The number of thioether (sulfide) groups is 1. The molecule has 1 aliphatic heterocycles. The monoisotopic (exact) mass is 407 g/mol. The maximum atomic E-state index is 12.4. The largest absolute Gasteiger partial charge is 0.336 e. The van der Waals surface area contributed by atoms with Crippen LogP contribution in [0.5, 0.6) is 0 Å². The summed E-state index contributed by atoms with van der Waals surface area (Å²) in [6, 6.07) is 15.7. The van der Waals surface area contributed by atoms with Gasteiger partial charge < -0.3 is 5.32 Å². The van der Waals surface area contributed by atoms with Crippen molar-refractivity contribution in [3.63, 3.8) is 0 Å². The first kappa shape index (κ1) is 19.2. The zero-order chi connectivity index (χ0) is 20.4. The third-order valence-corrected chi connectivity index (χ3v) is 5.81. The van der Waals surface area contributed by atoms with Crippen LogP contribution in [0.25, 0.3) is 17.1 Å². The van der Waals surface area contributed by atoms with E-state index in [2.05, 4.69) is 41.5 Å². The molecule has 1 saturated heterocycles. The number of amides is 3. The Balaban J connectivity index is 1.68. The summed E-state index contributed by atoms with van der Waals surface area (Å²) in [5.74, 6) is 0.592. The lowest BCUT2D eigenvalue weighted by molar-refractivity contribution is -0.124. The number of hydrogen-bond acceptors (Lipinski definition) is 5. The molecule has 3 aromatic rings. The van der Waals surface area contributed by atoms with Gasteiger partial charge in [0.15, 0.2) is 11.0 Å². The predicted octanol–water partition coefficient (Wildman–Crippen LogP) is 3.20. The number of rotatable bonds is 5. The van der Waals surface area contributed by atoms with E-state index < -0.39 is 0 Å². The van der Waals surface area contributed by atoms with Gasteiger partial charge in [-0.3, -0.25) is 14.3 Å². The van der Waals surface area contributed by atoms with Crippen LogP contribution >= 0.6 is 11.8 Å². The highest BCUT2D eigenvalue weighted by Crippen LogP contribution is 2.29. The van der Waals surface area contributed by atoms with Crippen LogP contribution in [0.3, 0.4) is 0 Å². The second-order valence-corrected chi connectivity index (χ2v) is 7.78. The van der Waals surface area contributed by atoms with E-state index in [1.54, 1.807) is 0 Å². The maximum Gasteiger partial charge on any atom is 0.324 e. The fourth-order valence-corrected chi connectivity index (χ4v) is 3.98. The zero-order valence-corrected chi connectivity index (χ0v) is 17.1. The van der Waals surface area contributed by atoms with Gasteiger partial charge in [-0.05, 0) is 37.1 Å². The number of nitrogens with zero attached hydrogens (tertiary/aromatic N) is 4. The summed E-state index contributed by atoms with van der Waals surface area (Å²) in [4.78, 5) is 25.4. The second kappa shape index (κ2) is 8.08. The first-order chi connectivity index (χ1) is 14.0. The van der Waals surface area contributed by atoms with Crippen molar-refractivity contribution in [1.29, 1.82) is 0 Å². The molecule has 1 aromatic heterocycles. The highest BCUT2D eigenvalue weighted by atomic mass is 32.2. The van der Waals surface area contributed by atoms with Gasteiger partial charge in [0.05, 0.1) is 11.4 Å². The van der Waals surface area contributed by atoms with Crippen LogP contribution in [0, 0.1) is 13.8 Å². The average molecular weight is 407 g/mol. The summed E-state index contributed by atoms with van der Waals surface area (Å²) < 4.78 is 1.96. The summed E-state index contributed by atoms with van der Waals surface area (Å²) in [6.07, 6.45) is 0. The molecule has 1 N–H and O–H groups in total. The molecule has 0 radical (unpaired) electrons. The molecule has 0 bridgehead atoms. The van der Waals surface area contributed by atoms with Gasteiger partial charge in [-0.2, -0.15) is 0 Å². The average Bonchev–Trinajstić information content (AvgIpc) is 3.35. The number of hydrogen-bond donors (Lipinski definition) is 1. The lowest BCUT2D eigenvalue weighted by atomic mass is 10.1. The van der Waals surface area contributed by atoms with Crippen molar-refractivity contribution in [3.8, 4) is 17.1 Å².